The molecule has 1 aromatic carbocycles. The van der Waals surface area contributed by atoms with Gasteiger partial charge in [0.1, 0.15) is 0 Å². The molecule has 2 amide bonds. The zero-order valence-corrected chi connectivity index (χ0v) is 11.2. The second-order valence-electron chi connectivity index (χ2n) is 4.46. The first kappa shape index (κ1) is 13.2. The van der Waals surface area contributed by atoms with Crippen molar-refractivity contribution in [1.82, 2.24) is 15.5 Å². The number of hydrogen-bond donors (Lipinski definition) is 2. The molecule has 2 N–H and O–H groups in total. The molecule has 1 unspecified atom stereocenters. The van der Waals surface area contributed by atoms with E-state index in [-0.39, 0.29) is 12.1 Å². The van der Waals surface area contributed by atoms with E-state index >= 15 is 0 Å². The summed E-state index contributed by atoms with van der Waals surface area (Å²) in [6.45, 7) is 2.44. The summed E-state index contributed by atoms with van der Waals surface area (Å²) in [5.74, 6) is 0. The number of nitrogens with one attached hydrogen (secondary N) is 2. The van der Waals surface area contributed by atoms with Crippen molar-refractivity contribution in [1.29, 1.82) is 0 Å². The molecule has 1 atom stereocenters. The Kier molecular flexibility index (Phi) is 4.44. The van der Waals surface area contributed by atoms with Gasteiger partial charge in [-0.3, -0.25) is 0 Å². The van der Waals surface area contributed by atoms with Gasteiger partial charge < -0.3 is 15.5 Å². The van der Waals surface area contributed by atoms with Gasteiger partial charge in [-0.1, -0.05) is 23.7 Å². The number of halogens is 1. The van der Waals surface area contributed by atoms with Gasteiger partial charge in [0.05, 0.1) is 6.04 Å². The van der Waals surface area contributed by atoms with Crippen LogP contribution in [0.1, 0.15) is 18.0 Å². The first-order chi connectivity index (χ1) is 8.70. The third-order valence-electron chi connectivity index (χ3n) is 3.12. The molecule has 1 saturated heterocycles. The third-order valence-corrected chi connectivity index (χ3v) is 3.37. The molecule has 0 saturated carbocycles. The number of carbonyl (C=O) groups is 1. The van der Waals surface area contributed by atoms with Gasteiger partial charge in [0.15, 0.2) is 0 Å². The highest BCUT2D eigenvalue weighted by molar-refractivity contribution is 6.30. The van der Waals surface area contributed by atoms with Crippen LogP contribution in [-0.2, 0) is 0 Å². The third kappa shape index (κ3) is 3.15. The number of rotatable bonds is 5. The average Bonchev–Trinajstić information content (AvgIpc) is 2.72. The summed E-state index contributed by atoms with van der Waals surface area (Å²) < 4.78 is 0. The molecule has 0 radical (unpaired) electrons. The zero-order chi connectivity index (χ0) is 13.0. The number of hydrogen-bond acceptors (Lipinski definition) is 2. The average molecular weight is 268 g/mol. The van der Waals surface area contributed by atoms with Crippen molar-refractivity contribution in [3.05, 3.63) is 34.9 Å². The second kappa shape index (κ2) is 6.07. The van der Waals surface area contributed by atoms with E-state index in [2.05, 4.69) is 10.6 Å². The fraction of sp³-hybridized carbons (Fsp3) is 0.462. The van der Waals surface area contributed by atoms with Crippen molar-refractivity contribution in [2.75, 3.05) is 26.7 Å². The highest BCUT2D eigenvalue weighted by Crippen LogP contribution is 2.21. The van der Waals surface area contributed by atoms with E-state index in [0.717, 1.165) is 31.6 Å². The van der Waals surface area contributed by atoms with Gasteiger partial charge in [-0.05, 0) is 37.7 Å². The lowest BCUT2D eigenvalue weighted by atomic mass is 10.1. The molecule has 98 valence electrons. The normalized spacial score (nSPS) is 19.1. The monoisotopic (exact) mass is 267 g/mol. The fourth-order valence-corrected chi connectivity index (χ4v) is 2.24. The summed E-state index contributed by atoms with van der Waals surface area (Å²) >= 11 is 5.86. The molecule has 0 spiro atoms. The van der Waals surface area contributed by atoms with Crippen molar-refractivity contribution in [2.24, 2.45) is 0 Å². The van der Waals surface area contributed by atoms with Crippen molar-refractivity contribution < 1.29 is 4.79 Å². The van der Waals surface area contributed by atoms with Crippen LogP contribution in [0.2, 0.25) is 5.02 Å². The van der Waals surface area contributed by atoms with Crippen LogP contribution >= 0.6 is 11.6 Å². The van der Waals surface area contributed by atoms with Gasteiger partial charge >= 0.3 is 6.03 Å². The van der Waals surface area contributed by atoms with Crippen LogP contribution in [0.5, 0.6) is 0 Å². The summed E-state index contributed by atoms with van der Waals surface area (Å²) in [5, 5.41) is 6.79. The van der Waals surface area contributed by atoms with E-state index in [1.807, 2.05) is 36.2 Å². The Morgan fingerprint density at radius 1 is 1.44 bits per heavy atom. The molecule has 1 fully saturated rings. The number of carbonyl (C=O) groups excluding carboxylic acids is 1. The zero-order valence-electron chi connectivity index (χ0n) is 10.4. The van der Waals surface area contributed by atoms with Crippen LogP contribution in [-0.4, -0.2) is 37.6 Å². The maximum absolute atomic E-state index is 11.8. The Labute approximate surface area is 112 Å². The fourth-order valence-electron chi connectivity index (χ4n) is 2.11. The molecule has 1 heterocycles. The quantitative estimate of drug-likeness (QED) is 0.802. The molecule has 0 bridgehead atoms. The highest BCUT2D eigenvalue weighted by atomic mass is 35.5. The van der Waals surface area contributed by atoms with Crippen molar-refractivity contribution in [3.8, 4) is 0 Å². The molecular formula is C13H18ClN3O. The lowest BCUT2D eigenvalue weighted by Crippen LogP contribution is -2.30. The SMILES string of the molecule is CNCCCN1CC(c2ccc(Cl)cc2)NC1=O. The minimum atomic E-state index is 0.0195. The largest absolute Gasteiger partial charge is 0.329 e. The van der Waals surface area contributed by atoms with Gasteiger partial charge in [0, 0.05) is 18.1 Å². The number of urea groups is 1. The first-order valence-electron chi connectivity index (χ1n) is 6.16. The molecule has 5 heteroatoms. The Bertz CT molecular complexity index is 407. The highest BCUT2D eigenvalue weighted by Gasteiger charge is 2.28. The van der Waals surface area contributed by atoms with E-state index in [9.17, 15) is 4.79 Å². The van der Waals surface area contributed by atoms with Crippen LogP contribution in [0.4, 0.5) is 4.79 Å². The molecule has 1 aliphatic rings. The van der Waals surface area contributed by atoms with Crippen LogP contribution in [0.15, 0.2) is 24.3 Å². The van der Waals surface area contributed by atoms with Crippen molar-refractivity contribution in [2.45, 2.75) is 12.5 Å². The van der Waals surface area contributed by atoms with Gasteiger partial charge in [-0.2, -0.15) is 0 Å². The van der Waals surface area contributed by atoms with E-state index < -0.39 is 0 Å². The minimum absolute atomic E-state index is 0.0195. The molecular weight excluding hydrogens is 250 g/mol. The lowest BCUT2D eigenvalue weighted by molar-refractivity contribution is 0.217. The molecule has 18 heavy (non-hydrogen) atoms. The predicted molar refractivity (Wildman–Crippen MR) is 72.8 cm³/mol. The van der Waals surface area contributed by atoms with Gasteiger partial charge in [-0.25, -0.2) is 4.79 Å². The second-order valence-corrected chi connectivity index (χ2v) is 4.89. The van der Waals surface area contributed by atoms with Gasteiger partial charge in [-0.15, -0.1) is 0 Å². The molecule has 1 aromatic rings. The molecule has 0 aliphatic carbocycles. The number of nitrogens with zero attached hydrogens (tertiary/aromatic N) is 1. The van der Waals surface area contributed by atoms with Crippen molar-refractivity contribution in [3.63, 3.8) is 0 Å². The predicted octanol–water partition coefficient (Wildman–Crippen LogP) is 2.02. The molecule has 4 nitrogen and oxygen atoms in total. The lowest BCUT2D eigenvalue weighted by Gasteiger charge is -2.14. The van der Waals surface area contributed by atoms with Crippen LogP contribution in [0.25, 0.3) is 0 Å². The summed E-state index contributed by atoms with van der Waals surface area (Å²) in [4.78, 5) is 13.6. The maximum Gasteiger partial charge on any atom is 0.318 e. The summed E-state index contributed by atoms with van der Waals surface area (Å²) in [5.41, 5.74) is 1.10. The van der Waals surface area contributed by atoms with E-state index in [1.165, 1.54) is 0 Å². The van der Waals surface area contributed by atoms with Crippen molar-refractivity contribution >= 4 is 17.6 Å². The maximum atomic E-state index is 11.8. The summed E-state index contributed by atoms with van der Waals surface area (Å²) in [6.07, 6.45) is 0.970. The smallest absolute Gasteiger partial charge is 0.318 e. The van der Waals surface area contributed by atoms with Crippen LogP contribution < -0.4 is 10.6 Å². The van der Waals surface area contributed by atoms with Crippen LogP contribution in [0.3, 0.4) is 0 Å². The topological polar surface area (TPSA) is 44.4 Å². The minimum Gasteiger partial charge on any atom is -0.329 e. The number of amides is 2. The van der Waals surface area contributed by atoms with Gasteiger partial charge in [0.25, 0.3) is 0 Å². The van der Waals surface area contributed by atoms with E-state index in [4.69, 9.17) is 11.6 Å². The standard InChI is InChI=1S/C13H18ClN3O/c1-15-7-2-8-17-9-12(16-13(17)18)10-3-5-11(14)6-4-10/h3-6,12,15H,2,7-9H2,1H3,(H,16,18). The summed E-state index contributed by atoms with van der Waals surface area (Å²) in [6, 6.07) is 7.73. The van der Waals surface area contributed by atoms with E-state index in [0.29, 0.717) is 5.02 Å². The van der Waals surface area contributed by atoms with E-state index in [1.54, 1.807) is 0 Å². The Morgan fingerprint density at radius 2 is 2.17 bits per heavy atom. The summed E-state index contributed by atoms with van der Waals surface area (Å²) in [7, 11) is 1.92. The Balaban J connectivity index is 1.93. The molecule has 0 aromatic heterocycles. The Hall–Kier alpha value is -1.26. The molecule has 1 aliphatic heterocycles. The molecule has 2 rings (SSSR count). The van der Waals surface area contributed by atoms with Gasteiger partial charge in [0.2, 0.25) is 0 Å². The first-order valence-corrected chi connectivity index (χ1v) is 6.54. The Morgan fingerprint density at radius 3 is 2.83 bits per heavy atom. The number of benzene rings is 1. The van der Waals surface area contributed by atoms with Crippen LogP contribution in [0, 0.1) is 0 Å².